The van der Waals surface area contributed by atoms with Crippen LogP contribution in [0, 0.1) is 17.8 Å². The van der Waals surface area contributed by atoms with E-state index in [0.717, 1.165) is 30.4 Å². The molecule has 1 amide bonds. The quantitative estimate of drug-likeness (QED) is 0.631. The lowest BCUT2D eigenvalue weighted by atomic mass is 9.93. The van der Waals surface area contributed by atoms with Crippen LogP contribution in [0.3, 0.4) is 0 Å². The monoisotopic (exact) mass is 433 g/mol. The van der Waals surface area contributed by atoms with Gasteiger partial charge in [0, 0.05) is 19.0 Å². The Hall–Kier alpha value is -1.77. The lowest BCUT2D eigenvalue weighted by Gasteiger charge is -2.20. The number of sulfonamides is 1. The molecule has 3 unspecified atom stereocenters. The molecular weight excluding hydrogens is 406 g/mol. The van der Waals surface area contributed by atoms with Crippen LogP contribution in [-0.2, 0) is 14.8 Å². The van der Waals surface area contributed by atoms with E-state index in [1.165, 1.54) is 11.3 Å². The summed E-state index contributed by atoms with van der Waals surface area (Å²) in [4.78, 5) is 17.4. The number of anilines is 1. The lowest BCUT2D eigenvalue weighted by Crippen LogP contribution is -2.32. The van der Waals surface area contributed by atoms with E-state index in [1.54, 1.807) is 22.5 Å². The molecule has 1 saturated carbocycles. The molecule has 2 aromatic rings. The van der Waals surface area contributed by atoms with Crippen LogP contribution in [0.2, 0.25) is 0 Å². The minimum absolute atomic E-state index is 0.0181. The maximum atomic E-state index is 13.0. The first-order valence-corrected chi connectivity index (χ1v) is 12.6. The number of carbonyl (C=O) groups is 1. The van der Waals surface area contributed by atoms with Crippen molar-refractivity contribution in [2.75, 3.05) is 18.4 Å². The molecule has 2 aliphatic rings. The molecule has 1 N–H and O–H groups in total. The normalized spacial score (nSPS) is 23.3. The molecule has 29 heavy (non-hydrogen) atoms. The molecule has 2 aliphatic carbocycles. The molecule has 0 aliphatic heterocycles. The van der Waals surface area contributed by atoms with Gasteiger partial charge in [-0.05, 0) is 55.7 Å². The van der Waals surface area contributed by atoms with E-state index in [9.17, 15) is 13.2 Å². The summed E-state index contributed by atoms with van der Waals surface area (Å²) in [6.45, 7) is 4.98. The number of benzene rings is 1. The van der Waals surface area contributed by atoms with Crippen molar-refractivity contribution in [2.45, 2.75) is 44.4 Å². The SMILES string of the molecule is CCCN(CCC)S(=O)(=O)c1ccc2nc(NC(=O)C3CC4C=CC3C4)sc2c1. The van der Waals surface area contributed by atoms with Crippen LogP contribution in [0.25, 0.3) is 10.2 Å². The maximum absolute atomic E-state index is 13.0. The fraction of sp³-hybridized carbons (Fsp3) is 0.524. The van der Waals surface area contributed by atoms with Crippen molar-refractivity contribution in [3.05, 3.63) is 30.4 Å². The highest BCUT2D eigenvalue weighted by Crippen LogP contribution is 2.44. The van der Waals surface area contributed by atoms with Crippen LogP contribution in [-0.4, -0.2) is 36.7 Å². The third kappa shape index (κ3) is 3.98. The van der Waals surface area contributed by atoms with Gasteiger partial charge in [0.15, 0.2) is 5.13 Å². The number of aromatic nitrogens is 1. The summed E-state index contributed by atoms with van der Waals surface area (Å²) in [6, 6.07) is 5.02. The molecule has 0 radical (unpaired) electrons. The number of thiazole rings is 1. The van der Waals surface area contributed by atoms with Gasteiger partial charge in [-0.25, -0.2) is 13.4 Å². The summed E-state index contributed by atoms with van der Waals surface area (Å²) in [5, 5.41) is 3.49. The highest BCUT2D eigenvalue weighted by Gasteiger charge is 2.40. The number of nitrogens with zero attached hydrogens (tertiary/aromatic N) is 2. The number of fused-ring (bicyclic) bond motifs is 3. The standard InChI is InChI=1S/C21H27N3O3S2/c1-3-9-24(10-4-2)29(26,27)16-7-8-18-19(13-16)28-21(22-18)23-20(25)17-12-14-5-6-15(17)11-14/h5-8,13-15,17H,3-4,9-12H2,1-2H3,(H,22,23,25). The summed E-state index contributed by atoms with van der Waals surface area (Å²) in [5.74, 6) is 0.915. The Kier molecular flexibility index (Phi) is 5.77. The van der Waals surface area contributed by atoms with Gasteiger partial charge in [0.1, 0.15) is 0 Å². The number of hydrogen-bond donors (Lipinski definition) is 1. The van der Waals surface area contributed by atoms with E-state index < -0.39 is 10.0 Å². The van der Waals surface area contributed by atoms with Gasteiger partial charge in [-0.2, -0.15) is 4.31 Å². The van der Waals surface area contributed by atoms with E-state index in [0.29, 0.717) is 35.6 Å². The van der Waals surface area contributed by atoms with Gasteiger partial charge in [-0.15, -0.1) is 0 Å². The molecule has 3 atom stereocenters. The molecule has 4 rings (SSSR count). The van der Waals surface area contributed by atoms with Crippen LogP contribution in [0.4, 0.5) is 5.13 Å². The molecule has 0 saturated heterocycles. The molecule has 156 valence electrons. The van der Waals surface area contributed by atoms with E-state index in [2.05, 4.69) is 22.5 Å². The minimum atomic E-state index is -3.53. The topological polar surface area (TPSA) is 79.4 Å². The fourth-order valence-electron chi connectivity index (χ4n) is 4.40. The Morgan fingerprint density at radius 2 is 1.97 bits per heavy atom. The molecule has 1 heterocycles. The number of carbonyl (C=O) groups excluding carboxylic acids is 1. The molecule has 0 spiro atoms. The van der Waals surface area contributed by atoms with Gasteiger partial charge < -0.3 is 5.32 Å². The number of allylic oxidation sites excluding steroid dienone is 2. The molecule has 1 aromatic heterocycles. The van der Waals surface area contributed by atoms with Crippen LogP contribution in [0.5, 0.6) is 0 Å². The van der Waals surface area contributed by atoms with E-state index >= 15 is 0 Å². The van der Waals surface area contributed by atoms with Crippen molar-refractivity contribution in [1.82, 2.24) is 9.29 Å². The van der Waals surface area contributed by atoms with Crippen molar-refractivity contribution in [3.8, 4) is 0 Å². The van der Waals surface area contributed by atoms with Gasteiger partial charge >= 0.3 is 0 Å². The van der Waals surface area contributed by atoms with Crippen LogP contribution in [0.15, 0.2) is 35.2 Å². The van der Waals surface area contributed by atoms with Gasteiger partial charge in [0.25, 0.3) is 0 Å². The predicted octanol–water partition coefficient (Wildman–Crippen LogP) is 4.26. The second-order valence-corrected chi connectivity index (χ2v) is 10.9. The van der Waals surface area contributed by atoms with Crippen molar-refractivity contribution >= 4 is 42.6 Å². The highest BCUT2D eigenvalue weighted by atomic mass is 32.2. The third-order valence-corrected chi connectivity index (χ3v) is 8.62. The second-order valence-electron chi connectivity index (χ2n) is 7.93. The van der Waals surface area contributed by atoms with Gasteiger partial charge in [0.2, 0.25) is 15.9 Å². The van der Waals surface area contributed by atoms with E-state index in [4.69, 9.17) is 0 Å². The minimum Gasteiger partial charge on any atom is -0.302 e. The van der Waals surface area contributed by atoms with Crippen LogP contribution in [0.1, 0.15) is 39.5 Å². The first-order chi connectivity index (χ1) is 13.9. The first kappa shape index (κ1) is 20.5. The Labute approximate surface area is 176 Å². The van der Waals surface area contributed by atoms with Gasteiger partial charge in [-0.3, -0.25) is 4.79 Å². The third-order valence-electron chi connectivity index (χ3n) is 5.79. The number of amides is 1. The lowest BCUT2D eigenvalue weighted by molar-refractivity contribution is -0.120. The fourth-order valence-corrected chi connectivity index (χ4v) is 7.03. The maximum Gasteiger partial charge on any atom is 0.243 e. The molecule has 6 nitrogen and oxygen atoms in total. The predicted molar refractivity (Wildman–Crippen MR) is 116 cm³/mol. The number of rotatable bonds is 8. The Balaban J connectivity index is 1.54. The average molecular weight is 434 g/mol. The van der Waals surface area contributed by atoms with Crippen molar-refractivity contribution in [3.63, 3.8) is 0 Å². The number of hydrogen-bond acceptors (Lipinski definition) is 5. The molecule has 1 aromatic carbocycles. The van der Waals surface area contributed by atoms with Gasteiger partial charge in [-0.1, -0.05) is 37.3 Å². The van der Waals surface area contributed by atoms with Crippen molar-refractivity contribution in [2.24, 2.45) is 17.8 Å². The Bertz CT molecular complexity index is 1040. The summed E-state index contributed by atoms with van der Waals surface area (Å²) in [5.41, 5.74) is 0.703. The zero-order valence-electron chi connectivity index (χ0n) is 16.8. The largest absolute Gasteiger partial charge is 0.302 e. The first-order valence-electron chi connectivity index (χ1n) is 10.3. The molecule has 2 bridgehead atoms. The summed E-state index contributed by atoms with van der Waals surface area (Å²) < 4.78 is 28.4. The Morgan fingerprint density at radius 1 is 1.21 bits per heavy atom. The smallest absolute Gasteiger partial charge is 0.243 e. The van der Waals surface area contributed by atoms with Gasteiger partial charge in [0.05, 0.1) is 15.1 Å². The number of nitrogens with one attached hydrogen (secondary N) is 1. The van der Waals surface area contributed by atoms with Crippen molar-refractivity contribution in [1.29, 1.82) is 0 Å². The second kappa shape index (κ2) is 8.16. The zero-order valence-corrected chi connectivity index (χ0v) is 18.4. The molecular formula is C21H27N3O3S2. The summed E-state index contributed by atoms with van der Waals surface area (Å²) >= 11 is 1.33. The Morgan fingerprint density at radius 3 is 2.59 bits per heavy atom. The highest BCUT2D eigenvalue weighted by molar-refractivity contribution is 7.89. The zero-order chi connectivity index (χ0) is 20.6. The van der Waals surface area contributed by atoms with E-state index in [-0.39, 0.29) is 16.7 Å². The summed E-state index contributed by atoms with van der Waals surface area (Å²) in [7, 11) is -3.53. The van der Waals surface area contributed by atoms with Crippen molar-refractivity contribution < 1.29 is 13.2 Å². The molecule has 1 fully saturated rings. The summed E-state index contributed by atoms with van der Waals surface area (Å²) in [6.07, 6.45) is 7.91. The average Bonchev–Trinajstić information content (AvgIpc) is 3.42. The van der Waals surface area contributed by atoms with Crippen LogP contribution < -0.4 is 5.32 Å². The molecule has 8 heteroatoms. The van der Waals surface area contributed by atoms with E-state index in [1.807, 2.05) is 13.8 Å². The van der Waals surface area contributed by atoms with Crippen LogP contribution >= 0.6 is 11.3 Å².